The molecule has 0 bridgehead atoms. The van der Waals surface area contributed by atoms with Crippen LogP contribution >= 0.6 is 0 Å². The minimum atomic E-state index is -0.283. The lowest BCUT2D eigenvalue weighted by molar-refractivity contribution is 0.239. The molecule has 0 saturated carbocycles. The third-order valence-corrected chi connectivity index (χ3v) is 3.34. The van der Waals surface area contributed by atoms with Crippen LogP contribution in [0.1, 0.15) is 36.6 Å². The van der Waals surface area contributed by atoms with Gasteiger partial charge in [0.05, 0.1) is 19.3 Å². The average molecular weight is 285 g/mol. The number of rotatable bonds is 5. The first-order valence-electron chi connectivity index (χ1n) is 7.18. The summed E-state index contributed by atoms with van der Waals surface area (Å²) in [5.41, 5.74) is 9.57. The van der Waals surface area contributed by atoms with Crippen molar-refractivity contribution in [3.05, 3.63) is 59.2 Å². The highest BCUT2D eigenvalue weighted by Gasteiger charge is 2.18. The van der Waals surface area contributed by atoms with Crippen LogP contribution < -0.4 is 15.2 Å². The normalized spacial score (nSPS) is 12.3. The van der Waals surface area contributed by atoms with E-state index in [1.54, 1.807) is 7.11 Å². The van der Waals surface area contributed by atoms with Gasteiger partial charge >= 0.3 is 0 Å². The molecule has 21 heavy (non-hydrogen) atoms. The van der Waals surface area contributed by atoms with Crippen LogP contribution in [0.5, 0.6) is 11.5 Å². The Labute approximate surface area is 126 Å². The van der Waals surface area contributed by atoms with E-state index < -0.39 is 0 Å². The van der Waals surface area contributed by atoms with Crippen LogP contribution in [0.25, 0.3) is 0 Å². The van der Waals surface area contributed by atoms with Crippen LogP contribution in [-0.4, -0.2) is 13.2 Å². The maximum absolute atomic E-state index is 6.48. The second-order valence-electron chi connectivity index (χ2n) is 5.43. The number of benzene rings is 2. The summed E-state index contributed by atoms with van der Waals surface area (Å²) in [5, 5.41) is 0. The molecule has 1 unspecified atom stereocenters. The maximum Gasteiger partial charge on any atom is 0.124 e. The second-order valence-corrected chi connectivity index (χ2v) is 5.43. The van der Waals surface area contributed by atoms with Crippen molar-refractivity contribution < 1.29 is 9.47 Å². The van der Waals surface area contributed by atoms with Crippen molar-refractivity contribution in [3.63, 3.8) is 0 Å². The summed E-state index contributed by atoms with van der Waals surface area (Å²) in [4.78, 5) is 0. The maximum atomic E-state index is 6.48. The molecule has 0 radical (unpaired) electrons. The number of methoxy groups -OCH3 is 1. The van der Waals surface area contributed by atoms with Crippen LogP contribution in [0.3, 0.4) is 0 Å². The summed E-state index contributed by atoms with van der Waals surface area (Å²) in [6, 6.07) is 13.7. The van der Waals surface area contributed by atoms with Gasteiger partial charge in [-0.15, -0.1) is 0 Å². The molecule has 0 aliphatic heterocycles. The highest BCUT2D eigenvalue weighted by atomic mass is 16.5. The molecular weight excluding hydrogens is 262 g/mol. The van der Waals surface area contributed by atoms with E-state index in [9.17, 15) is 0 Å². The van der Waals surface area contributed by atoms with Crippen molar-refractivity contribution in [1.29, 1.82) is 0 Å². The van der Waals surface area contributed by atoms with Crippen LogP contribution in [0.4, 0.5) is 0 Å². The average Bonchev–Trinajstić information content (AvgIpc) is 2.46. The molecular formula is C18H23NO2. The number of para-hydroxylation sites is 1. The molecule has 0 aliphatic carbocycles. The molecule has 0 fully saturated rings. The molecule has 3 nitrogen and oxygen atoms in total. The molecule has 1 atom stereocenters. The molecule has 3 heteroatoms. The van der Waals surface area contributed by atoms with E-state index in [0.717, 1.165) is 28.2 Å². The SMILES string of the molecule is COc1ccc(C)cc1C(N)c1ccccc1OC(C)C. The van der Waals surface area contributed by atoms with E-state index in [1.807, 2.05) is 57.2 Å². The Morgan fingerprint density at radius 3 is 2.33 bits per heavy atom. The van der Waals surface area contributed by atoms with Gasteiger partial charge in [-0.1, -0.05) is 35.9 Å². The lowest BCUT2D eigenvalue weighted by Crippen LogP contribution is -2.16. The van der Waals surface area contributed by atoms with Gasteiger partial charge in [0.1, 0.15) is 11.5 Å². The molecule has 0 aromatic heterocycles. The molecule has 0 amide bonds. The first-order valence-corrected chi connectivity index (χ1v) is 7.18. The first-order chi connectivity index (χ1) is 10.0. The molecule has 0 heterocycles. The van der Waals surface area contributed by atoms with Gasteiger partial charge in [0, 0.05) is 11.1 Å². The van der Waals surface area contributed by atoms with Crippen molar-refractivity contribution >= 4 is 0 Å². The zero-order chi connectivity index (χ0) is 15.4. The van der Waals surface area contributed by atoms with E-state index in [0.29, 0.717) is 0 Å². The lowest BCUT2D eigenvalue weighted by Gasteiger charge is -2.21. The van der Waals surface area contributed by atoms with Crippen LogP contribution in [-0.2, 0) is 0 Å². The molecule has 2 N–H and O–H groups in total. The fourth-order valence-corrected chi connectivity index (χ4v) is 2.36. The van der Waals surface area contributed by atoms with Crippen molar-refractivity contribution in [1.82, 2.24) is 0 Å². The molecule has 2 aromatic rings. The predicted molar refractivity (Wildman–Crippen MR) is 86.0 cm³/mol. The van der Waals surface area contributed by atoms with Gasteiger partial charge in [-0.05, 0) is 32.9 Å². The standard InChI is InChI=1S/C18H23NO2/c1-12(2)21-17-8-6-5-7-14(17)18(19)15-11-13(3)9-10-16(15)20-4/h5-12,18H,19H2,1-4H3. The summed E-state index contributed by atoms with van der Waals surface area (Å²) < 4.78 is 11.3. The first kappa shape index (κ1) is 15.4. The minimum absolute atomic E-state index is 0.109. The quantitative estimate of drug-likeness (QED) is 0.907. The molecule has 112 valence electrons. The molecule has 0 saturated heterocycles. The predicted octanol–water partition coefficient (Wildman–Crippen LogP) is 3.84. The smallest absolute Gasteiger partial charge is 0.124 e. The topological polar surface area (TPSA) is 44.5 Å². The van der Waals surface area contributed by atoms with Crippen molar-refractivity contribution in [2.75, 3.05) is 7.11 Å². The fraction of sp³-hybridized carbons (Fsp3) is 0.333. The van der Waals surface area contributed by atoms with Gasteiger partial charge in [0.2, 0.25) is 0 Å². The van der Waals surface area contributed by atoms with Crippen LogP contribution in [0, 0.1) is 6.92 Å². The number of hydrogen-bond acceptors (Lipinski definition) is 3. The summed E-state index contributed by atoms with van der Waals surface area (Å²) in [7, 11) is 1.66. The Kier molecular flexibility index (Phi) is 4.86. The van der Waals surface area contributed by atoms with Gasteiger partial charge in [-0.25, -0.2) is 0 Å². The van der Waals surface area contributed by atoms with Gasteiger partial charge in [0.25, 0.3) is 0 Å². The van der Waals surface area contributed by atoms with E-state index in [-0.39, 0.29) is 12.1 Å². The van der Waals surface area contributed by atoms with E-state index in [4.69, 9.17) is 15.2 Å². The lowest BCUT2D eigenvalue weighted by atomic mass is 9.96. The summed E-state index contributed by atoms with van der Waals surface area (Å²) in [5.74, 6) is 1.62. The Morgan fingerprint density at radius 2 is 1.67 bits per heavy atom. The van der Waals surface area contributed by atoms with E-state index in [2.05, 4.69) is 6.07 Å². The Balaban J connectivity index is 2.45. The van der Waals surface area contributed by atoms with Crippen LogP contribution in [0.15, 0.2) is 42.5 Å². The van der Waals surface area contributed by atoms with Gasteiger partial charge in [0.15, 0.2) is 0 Å². The number of nitrogens with two attached hydrogens (primary N) is 1. The van der Waals surface area contributed by atoms with Crippen molar-refractivity contribution in [2.45, 2.75) is 32.9 Å². The zero-order valence-electron chi connectivity index (χ0n) is 13.1. The van der Waals surface area contributed by atoms with Crippen molar-refractivity contribution in [2.24, 2.45) is 5.73 Å². The molecule has 0 spiro atoms. The second kappa shape index (κ2) is 6.64. The number of ether oxygens (including phenoxy) is 2. The largest absolute Gasteiger partial charge is 0.496 e. The minimum Gasteiger partial charge on any atom is -0.496 e. The van der Waals surface area contributed by atoms with Gasteiger partial charge < -0.3 is 15.2 Å². The Hall–Kier alpha value is -2.00. The zero-order valence-corrected chi connectivity index (χ0v) is 13.1. The highest BCUT2D eigenvalue weighted by Crippen LogP contribution is 2.34. The number of hydrogen-bond donors (Lipinski definition) is 1. The summed E-state index contributed by atoms with van der Waals surface area (Å²) in [6.45, 7) is 6.07. The van der Waals surface area contributed by atoms with Gasteiger partial charge in [-0.2, -0.15) is 0 Å². The molecule has 2 rings (SSSR count). The Morgan fingerprint density at radius 1 is 0.952 bits per heavy atom. The highest BCUT2D eigenvalue weighted by molar-refractivity contribution is 5.47. The van der Waals surface area contributed by atoms with Gasteiger partial charge in [-0.3, -0.25) is 0 Å². The summed E-state index contributed by atoms with van der Waals surface area (Å²) >= 11 is 0. The molecule has 0 aliphatic rings. The van der Waals surface area contributed by atoms with E-state index in [1.165, 1.54) is 0 Å². The van der Waals surface area contributed by atoms with Crippen molar-refractivity contribution in [3.8, 4) is 11.5 Å². The molecule has 2 aromatic carbocycles. The van der Waals surface area contributed by atoms with Crippen LogP contribution in [0.2, 0.25) is 0 Å². The summed E-state index contributed by atoms with van der Waals surface area (Å²) in [6.07, 6.45) is 0.109. The number of aryl methyl sites for hydroxylation is 1. The third-order valence-electron chi connectivity index (χ3n) is 3.34. The fourth-order valence-electron chi connectivity index (χ4n) is 2.36. The third kappa shape index (κ3) is 3.56. The van der Waals surface area contributed by atoms with E-state index >= 15 is 0 Å². The monoisotopic (exact) mass is 285 g/mol. The Bertz CT molecular complexity index is 608.